The lowest BCUT2D eigenvalue weighted by molar-refractivity contribution is 0.0954. The van der Waals surface area contributed by atoms with Crippen molar-refractivity contribution in [1.29, 1.82) is 0 Å². The van der Waals surface area contributed by atoms with Crippen LogP contribution < -0.4 is 11.3 Å². The topological polar surface area (TPSA) is 47.3 Å². The Balaban J connectivity index is 2.20. The third-order valence-corrected chi connectivity index (χ3v) is 4.14. The maximum absolute atomic E-state index is 5.67. The molecule has 0 spiro atoms. The highest BCUT2D eigenvalue weighted by Gasteiger charge is 2.33. The standard InChI is InChI=1S/C11H18N2OS/c1-7-9(3-5-14-7)11(13-12)10-4-6-15-8(10)2/h4,6-7,9,11,13H,3,5,12H2,1-2H3. The molecule has 1 fully saturated rings. The zero-order chi connectivity index (χ0) is 10.8. The van der Waals surface area contributed by atoms with Crippen molar-refractivity contribution in [1.82, 2.24) is 5.43 Å². The van der Waals surface area contributed by atoms with Gasteiger partial charge in [-0.25, -0.2) is 0 Å². The van der Waals surface area contributed by atoms with Gasteiger partial charge < -0.3 is 4.74 Å². The van der Waals surface area contributed by atoms with Gasteiger partial charge in [-0.2, -0.15) is 0 Å². The summed E-state index contributed by atoms with van der Waals surface area (Å²) in [6, 6.07) is 2.39. The van der Waals surface area contributed by atoms with Crippen LogP contribution in [0.3, 0.4) is 0 Å². The van der Waals surface area contributed by atoms with Crippen LogP contribution in [0, 0.1) is 12.8 Å². The minimum Gasteiger partial charge on any atom is -0.378 e. The third kappa shape index (κ3) is 2.08. The first kappa shape index (κ1) is 11.1. The Morgan fingerprint density at radius 3 is 2.93 bits per heavy atom. The van der Waals surface area contributed by atoms with Crippen molar-refractivity contribution in [2.24, 2.45) is 11.8 Å². The van der Waals surface area contributed by atoms with E-state index in [0.29, 0.717) is 12.0 Å². The van der Waals surface area contributed by atoms with Gasteiger partial charge in [0.1, 0.15) is 0 Å². The van der Waals surface area contributed by atoms with Crippen molar-refractivity contribution in [3.05, 3.63) is 21.9 Å². The number of ether oxygens (including phenoxy) is 1. The lowest BCUT2D eigenvalue weighted by Gasteiger charge is -2.25. The SMILES string of the molecule is Cc1sccc1C(NN)C1CCOC1C. The average Bonchev–Trinajstić information content (AvgIpc) is 2.80. The number of nitrogens with two attached hydrogens (primary N) is 1. The summed E-state index contributed by atoms with van der Waals surface area (Å²) in [5.74, 6) is 6.16. The van der Waals surface area contributed by atoms with Gasteiger partial charge in [0, 0.05) is 17.4 Å². The molecule has 15 heavy (non-hydrogen) atoms. The molecule has 2 heterocycles. The van der Waals surface area contributed by atoms with E-state index in [1.807, 2.05) is 0 Å². The molecule has 1 saturated heterocycles. The predicted molar refractivity (Wildman–Crippen MR) is 62.6 cm³/mol. The molecule has 0 aromatic carbocycles. The van der Waals surface area contributed by atoms with Gasteiger partial charge in [-0.05, 0) is 37.3 Å². The van der Waals surface area contributed by atoms with Crippen LogP contribution in [0.15, 0.2) is 11.4 Å². The van der Waals surface area contributed by atoms with E-state index in [-0.39, 0.29) is 6.04 Å². The molecular formula is C11H18N2OS. The summed E-state index contributed by atoms with van der Waals surface area (Å²) in [6.45, 7) is 5.13. The van der Waals surface area contributed by atoms with Crippen molar-refractivity contribution in [3.63, 3.8) is 0 Å². The highest BCUT2D eigenvalue weighted by molar-refractivity contribution is 7.10. The molecule has 0 aliphatic carbocycles. The van der Waals surface area contributed by atoms with Crippen molar-refractivity contribution < 1.29 is 4.74 Å². The maximum atomic E-state index is 5.67. The molecule has 0 saturated carbocycles. The summed E-state index contributed by atoms with van der Waals surface area (Å²) < 4.78 is 5.59. The van der Waals surface area contributed by atoms with Gasteiger partial charge in [-0.1, -0.05) is 0 Å². The van der Waals surface area contributed by atoms with Gasteiger partial charge in [0.25, 0.3) is 0 Å². The fourth-order valence-corrected chi connectivity index (χ4v) is 3.10. The molecule has 0 bridgehead atoms. The Morgan fingerprint density at radius 1 is 1.67 bits per heavy atom. The van der Waals surface area contributed by atoms with Gasteiger partial charge in [0.2, 0.25) is 0 Å². The molecule has 3 unspecified atom stereocenters. The van der Waals surface area contributed by atoms with E-state index in [0.717, 1.165) is 13.0 Å². The summed E-state index contributed by atoms with van der Waals surface area (Å²) in [7, 11) is 0. The first-order valence-corrected chi connectivity index (χ1v) is 6.23. The molecular weight excluding hydrogens is 208 g/mol. The van der Waals surface area contributed by atoms with Gasteiger partial charge in [-0.3, -0.25) is 11.3 Å². The fourth-order valence-electron chi connectivity index (χ4n) is 2.35. The van der Waals surface area contributed by atoms with E-state index in [1.54, 1.807) is 11.3 Å². The Morgan fingerprint density at radius 2 is 2.47 bits per heavy atom. The van der Waals surface area contributed by atoms with E-state index >= 15 is 0 Å². The predicted octanol–water partition coefficient (Wildman–Crippen LogP) is 1.99. The Hall–Kier alpha value is -0.420. The molecule has 1 aliphatic heterocycles. The van der Waals surface area contributed by atoms with Crippen molar-refractivity contribution in [2.75, 3.05) is 6.61 Å². The minimum atomic E-state index is 0.230. The zero-order valence-corrected chi connectivity index (χ0v) is 10.0. The number of hydrogen-bond acceptors (Lipinski definition) is 4. The van der Waals surface area contributed by atoms with Crippen LogP contribution in [0.2, 0.25) is 0 Å². The second kappa shape index (κ2) is 4.61. The summed E-state index contributed by atoms with van der Waals surface area (Å²) in [5.41, 5.74) is 4.27. The molecule has 2 rings (SSSR count). The summed E-state index contributed by atoms with van der Waals surface area (Å²) in [5, 5.41) is 2.12. The van der Waals surface area contributed by atoms with Crippen LogP contribution in [0.4, 0.5) is 0 Å². The van der Waals surface area contributed by atoms with E-state index in [9.17, 15) is 0 Å². The number of rotatable bonds is 3. The largest absolute Gasteiger partial charge is 0.378 e. The van der Waals surface area contributed by atoms with Crippen LogP contribution in [-0.4, -0.2) is 12.7 Å². The van der Waals surface area contributed by atoms with Crippen molar-refractivity contribution in [3.8, 4) is 0 Å². The first-order valence-electron chi connectivity index (χ1n) is 5.35. The second-order valence-electron chi connectivity index (χ2n) is 4.10. The van der Waals surface area contributed by atoms with Crippen molar-refractivity contribution in [2.45, 2.75) is 32.4 Å². The second-order valence-corrected chi connectivity index (χ2v) is 5.23. The molecule has 3 nitrogen and oxygen atoms in total. The molecule has 0 amide bonds. The van der Waals surface area contributed by atoms with Crippen LogP contribution >= 0.6 is 11.3 Å². The van der Waals surface area contributed by atoms with Crippen LogP contribution in [0.1, 0.15) is 29.8 Å². The van der Waals surface area contributed by atoms with E-state index < -0.39 is 0 Å². The highest BCUT2D eigenvalue weighted by atomic mass is 32.1. The summed E-state index contributed by atoms with van der Waals surface area (Å²) in [4.78, 5) is 1.34. The fraction of sp³-hybridized carbons (Fsp3) is 0.636. The van der Waals surface area contributed by atoms with Gasteiger partial charge >= 0.3 is 0 Å². The molecule has 0 radical (unpaired) electrons. The van der Waals surface area contributed by atoms with Gasteiger partial charge in [0.05, 0.1) is 12.1 Å². The average molecular weight is 226 g/mol. The number of hydrazine groups is 1. The Bertz CT molecular complexity index is 326. The monoisotopic (exact) mass is 226 g/mol. The first-order chi connectivity index (χ1) is 7.24. The minimum absolute atomic E-state index is 0.230. The summed E-state index contributed by atoms with van der Waals surface area (Å²) >= 11 is 1.77. The molecule has 1 aromatic rings. The normalized spacial score (nSPS) is 28.2. The molecule has 1 aromatic heterocycles. The van der Waals surface area contributed by atoms with Crippen molar-refractivity contribution >= 4 is 11.3 Å². The number of thiophene rings is 1. The zero-order valence-electron chi connectivity index (χ0n) is 9.19. The number of hydrogen-bond donors (Lipinski definition) is 2. The Labute approximate surface area is 94.6 Å². The number of aryl methyl sites for hydroxylation is 1. The number of nitrogens with one attached hydrogen (secondary N) is 1. The van der Waals surface area contributed by atoms with E-state index in [2.05, 4.69) is 30.7 Å². The molecule has 3 atom stereocenters. The molecule has 4 heteroatoms. The highest BCUT2D eigenvalue weighted by Crippen LogP contribution is 2.35. The van der Waals surface area contributed by atoms with E-state index in [4.69, 9.17) is 10.6 Å². The van der Waals surface area contributed by atoms with Crippen LogP contribution in [0.5, 0.6) is 0 Å². The van der Waals surface area contributed by atoms with Crippen LogP contribution in [0.25, 0.3) is 0 Å². The quantitative estimate of drug-likeness (QED) is 0.612. The molecule has 1 aliphatic rings. The maximum Gasteiger partial charge on any atom is 0.0594 e. The van der Waals surface area contributed by atoms with Crippen LogP contribution in [-0.2, 0) is 4.74 Å². The summed E-state index contributed by atoms with van der Waals surface area (Å²) in [6.07, 6.45) is 1.39. The smallest absolute Gasteiger partial charge is 0.0594 e. The molecule has 3 N–H and O–H groups in total. The van der Waals surface area contributed by atoms with E-state index in [1.165, 1.54) is 10.4 Å². The Kier molecular flexibility index (Phi) is 3.41. The lowest BCUT2D eigenvalue weighted by atomic mass is 9.89. The van der Waals surface area contributed by atoms with Gasteiger partial charge in [0.15, 0.2) is 0 Å². The molecule has 84 valence electrons. The van der Waals surface area contributed by atoms with Gasteiger partial charge in [-0.15, -0.1) is 11.3 Å². The third-order valence-electron chi connectivity index (χ3n) is 3.28. The lowest BCUT2D eigenvalue weighted by Crippen LogP contribution is -2.36.